The van der Waals surface area contributed by atoms with Crippen molar-refractivity contribution in [1.82, 2.24) is 19.6 Å². The fourth-order valence-electron chi connectivity index (χ4n) is 4.00. The quantitative estimate of drug-likeness (QED) is 0.811. The number of hydrogen-bond acceptors (Lipinski definition) is 4. The summed E-state index contributed by atoms with van der Waals surface area (Å²) in [7, 11) is 1.87. The van der Waals surface area contributed by atoms with Crippen molar-refractivity contribution in [2.75, 3.05) is 32.8 Å². The average molecular weight is 304 g/mol. The van der Waals surface area contributed by atoms with Gasteiger partial charge >= 0.3 is 0 Å². The third kappa shape index (κ3) is 2.25. The van der Waals surface area contributed by atoms with Crippen LogP contribution in [-0.4, -0.2) is 69.9 Å². The number of nitrogens with zero attached hydrogens (tertiary/aromatic N) is 4. The molecule has 3 aliphatic heterocycles. The van der Waals surface area contributed by atoms with Crippen LogP contribution in [0.5, 0.6) is 0 Å². The van der Waals surface area contributed by atoms with Crippen LogP contribution >= 0.6 is 0 Å². The fourth-order valence-corrected chi connectivity index (χ4v) is 4.00. The number of rotatable bonds is 2. The Morgan fingerprint density at radius 2 is 2.09 bits per heavy atom. The molecule has 1 spiro atoms. The van der Waals surface area contributed by atoms with Crippen molar-refractivity contribution >= 4 is 5.91 Å². The summed E-state index contributed by atoms with van der Waals surface area (Å²) in [5, 5.41) is 4.28. The summed E-state index contributed by atoms with van der Waals surface area (Å²) >= 11 is 0. The van der Waals surface area contributed by atoms with Crippen molar-refractivity contribution in [2.24, 2.45) is 7.05 Å². The minimum atomic E-state index is -0.0905. The van der Waals surface area contributed by atoms with Crippen LogP contribution in [0.3, 0.4) is 0 Å². The molecule has 4 rings (SSSR count). The van der Waals surface area contributed by atoms with Gasteiger partial charge in [-0.05, 0) is 45.3 Å². The smallest absolute Gasteiger partial charge is 0.274 e. The number of likely N-dealkylation sites (tertiary alicyclic amines) is 2. The number of aromatic nitrogens is 2. The van der Waals surface area contributed by atoms with Crippen LogP contribution in [0, 0.1) is 6.92 Å². The lowest BCUT2D eigenvalue weighted by Crippen LogP contribution is -2.63. The van der Waals surface area contributed by atoms with E-state index >= 15 is 0 Å². The van der Waals surface area contributed by atoms with Gasteiger partial charge in [-0.15, -0.1) is 0 Å². The molecule has 1 aromatic heterocycles. The Kier molecular flexibility index (Phi) is 3.27. The summed E-state index contributed by atoms with van der Waals surface area (Å²) in [4.78, 5) is 16.9. The van der Waals surface area contributed by atoms with Crippen molar-refractivity contribution in [2.45, 2.75) is 37.8 Å². The highest BCUT2D eigenvalue weighted by Gasteiger charge is 2.52. The highest BCUT2D eigenvalue weighted by molar-refractivity contribution is 5.93. The first-order valence-corrected chi connectivity index (χ1v) is 8.24. The standard InChI is InChI=1S/C16H24N4O2/c1-12-7-14(17-18(12)2)15(21)20-10-16(11-20)8-13(9-22-16)19-5-3-4-6-19/h7,13H,3-6,8-11H2,1-2H3. The lowest BCUT2D eigenvalue weighted by atomic mass is 9.88. The van der Waals surface area contributed by atoms with Gasteiger partial charge in [0.2, 0.25) is 0 Å². The molecule has 0 N–H and O–H groups in total. The summed E-state index contributed by atoms with van der Waals surface area (Å²) in [5.74, 6) is 0.0301. The molecule has 0 radical (unpaired) electrons. The second kappa shape index (κ2) is 5.06. The van der Waals surface area contributed by atoms with Crippen LogP contribution in [0.1, 0.15) is 35.4 Å². The maximum Gasteiger partial charge on any atom is 0.274 e. The Balaban J connectivity index is 1.36. The molecule has 0 aromatic carbocycles. The minimum Gasteiger partial charge on any atom is -0.370 e. The average Bonchev–Trinajstić information content (AvgIpc) is 3.16. The zero-order chi connectivity index (χ0) is 15.3. The highest BCUT2D eigenvalue weighted by atomic mass is 16.5. The van der Waals surface area contributed by atoms with E-state index in [0.717, 1.165) is 18.7 Å². The Hall–Kier alpha value is -1.40. The van der Waals surface area contributed by atoms with E-state index in [-0.39, 0.29) is 11.5 Å². The van der Waals surface area contributed by atoms with Crippen molar-refractivity contribution in [3.05, 3.63) is 17.5 Å². The van der Waals surface area contributed by atoms with Gasteiger partial charge in [0.1, 0.15) is 5.60 Å². The second-order valence-electron chi connectivity index (χ2n) is 7.05. The Labute approximate surface area is 131 Å². The predicted octanol–water partition coefficient (Wildman–Crippen LogP) is 0.808. The van der Waals surface area contributed by atoms with E-state index in [1.54, 1.807) is 4.68 Å². The van der Waals surface area contributed by atoms with Gasteiger partial charge in [0.05, 0.1) is 19.7 Å². The first-order valence-electron chi connectivity index (χ1n) is 8.24. The van der Waals surface area contributed by atoms with Crippen LogP contribution < -0.4 is 0 Å². The molecule has 1 amide bonds. The van der Waals surface area contributed by atoms with E-state index in [9.17, 15) is 4.79 Å². The van der Waals surface area contributed by atoms with Gasteiger partial charge < -0.3 is 9.64 Å². The van der Waals surface area contributed by atoms with E-state index in [2.05, 4.69) is 10.00 Å². The number of aryl methyl sites for hydroxylation is 2. The van der Waals surface area contributed by atoms with Crippen molar-refractivity contribution < 1.29 is 9.53 Å². The van der Waals surface area contributed by atoms with Gasteiger partial charge in [0.15, 0.2) is 5.69 Å². The molecule has 120 valence electrons. The fraction of sp³-hybridized carbons (Fsp3) is 0.750. The van der Waals surface area contributed by atoms with E-state index in [4.69, 9.17) is 4.74 Å². The third-order valence-corrected chi connectivity index (χ3v) is 5.42. The third-order valence-electron chi connectivity index (χ3n) is 5.42. The van der Waals surface area contributed by atoms with Crippen molar-refractivity contribution in [3.63, 3.8) is 0 Å². The van der Waals surface area contributed by atoms with Gasteiger partial charge in [-0.3, -0.25) is 14.4 Å². The molecule has 1 aromatic rings. The number of amides is 1. The van der Waals surface area contributed by atoms with E-state index in [0.29, 0.717) is 24.8 Å². The molecule has 1 unspecified atom stereocenters. The molecule has 6 nitrogen and oxygen atoms in total. The molecule has 0 bridgehead atoms. The van der Waals surface area contributed by atoms with Gasteiger partial charge in [-0.1, -0.05) is 0 Å². The van der Waals surface area contributed by atoms with Crippen LogP contribution in [0.4, 0.5) is 0 Å². The molecule has 0 saturated carbocycles. The summed E-state index contributed by atoms with van der Waals surface area (Å²) < 4.78 is 7.83. The lowest BCUT2D eigenvalue weighted by Gasteiger charge is -2.47. The normalized spacial score (nSPS) is 27.5. The summed E-state index contributed by atoms with van der Waals surface area (Å²) in [6.45, 7) is 6.63. The lowest BCUT2D eigenvalue weighted by molar-refractivity contribution is -0.0952. The van der Waals surface area contributed by atoms with E-state index in [1.165, 1.54) is 25.9 Å². The molecule has 3 saturated heterocycles. The predicted molar refractivity (Wildman–Crippen MR) is 81.7 cm³/mol. The topological polar surface area (TPSA) is 50.6 Å². The second-order valence-corrected chi connectivity index (χ2v) is 7.05. The van der Waals surface area contributed by atoms with Crippen LogP contribution in [0.15, 0.2) is 6.07 Å². The number of carbonyl (C=O) groups excluding carboxylic acids is 1. The van der Waals surface area contributed by atoms with Crippen molar-refractivity contribution in [1.29, 1.82) is 0 Å². The molecule has 0 aliphatic carbocycles. The number of ether oxygens (including phenoxy) is 1. The monoisotopic (exact) mass is 304 g/mol. The van der Waals surface area contributed by atoms with Crippen LogP contribution in [0.2, 0.25) is 0 Å². The van der Waals surface area contributed by atoms with Gasteiger partial charge in [-0.25, -0.2) is 0 Å². The molecule has 1 atom stereocenters. The molecule has 6 heteroatoms. The minimum absolute atomic E-state index is 0.0301. The number of hydrogen-bond donors (Lipinski definition) is 0. The number of carbonyl (C=O) groups is 1. The van der Waals surface area contributed by atoms with Crippen molar-refractivity contribution in [3.8, 4) is 0 Å². The van der Waals surface area contributed by atoms with Crippen LogP contribution in [0.25, 0.3) is 0 Å². The molecular formula is C16H24N4O2. The first-order chi connectivity index (χ1) is 10.6. The summed E-state index contributed by atoms with van der Waals surface area (Å²) in [6.07, 6.45) is 3.69. The first kappa shape index (κ1) is 14.2. The van der Waals surface area contributed by atoms with Gasteiger partial charge in [-0.2, -0.15) is 5.10 Å². The summed E-state index contributed by atoms with van der Waals surface area (Å²) in [5.41, 5.74) is 1.46. The molecule has 3 aliphatic rings. The molecule has 4 heterocycles. The summed E-state index contributed by atoms with van der Waals surface area (Å²) in [6, 6.07) is 2.41. The zero-order valence-electron chi connectivity index (χ0n) is 13.4. The SMILES string of the molecule is Cc1cc(C(=O)N2CC3(CC(N4CCCC4)CO3)C2)nn1C. The van der Waals surface area contributed by atoms with E-state index < -0.39 is 0 Å². The van der Waals surface area contributed by atoms with E-state index in [1.807, 2.05) is 24.9 Å². The largest absolute Gasteiger partial charge is 0.370 e. The molecule has 3 fully saturated rings. The Morgan fingerprint density at radius 1 is 1.36 bits per heavy atom. The Morgan fingerprint density at radius 3 is 2.73 bits per heavy atom. The maximum absolute atomic E-state index is 12.5. The molecular weight excluding hydrogens is 280 g/mol. The van der Waals surface area contributed by atoms with Gasteiger partial charge in [0.25, 0.3) is 5.91 Å². The maximum atomic E-state index is 12.5. The van der Waals surface area contributed by atoms with Gasteiger partial charge in [0, 0.05) is 18.8 Å². The Bertz CT molecular complexity index is 565. The highest BCUT2D eigenvalue weighted by Crippen LogP contribution is 2.38. The molecule has 22 heavy (non-hydrogen) atoms. The zero-order valence-corrected chi connectivity index (χ0v) is 13.4. The van der Waals surface area contributed by atoms with Crippen LogP contribution in [-0.2, 0) is 11.8 Å².